The molecule has 1 N–H and O–H groups in total. The van der Waals surface area contributed by atoms with E-state index in [0.29, 0.717) is 6.04 Å². The van der Waals surface area contributed by atoms with Gasteiger partial charge in [-0.2, -0.15) is 0 Å². The molecule has 0 radical (unpaired) electrons. The van der Waals surface area contributed by atoms with Gasteiger partial charge in [-0.1, -0.05) is 20.8 Å². The van der Waals surface area contributed by atoms with Crippen molar-refractivity contribution >= 4 is 5.69 Å². The summed E-state index contributed by atoms with van der Waals surface area (Å²) < 4.78 is 5.13. The molecule has 1 saturated heterocycles. The largest absolute Gasteiger partial charge is 0.378 e. The molecule has 2 rings (SSSR count). The maximum atomic E-state index is 5.13. The molecule has 0 saturated carbocycles. The van der Waals surface area contributed by atoms with Crippen LogP contribution in [0.25, 0.3) is 0 Å². The lowest BCUT2D eigenvalue weighted by molar-refractivity contribution is 0.0211. The fourth-order valence-corrected chi connectivity index (χ4v) is 1.49. The Morgan fingerprint density at radius 3 is 2.67 bits per heavy atom. The molecular formula is C12H18N2O. The first-order valence-electron chi connectivity index (χ1n) is 5.36. The zero-order valence-corrected chi connectivity index (χ0v) is 9.58. The minimum atomic E-state index is 0.105. The number of nitrogens with zero attached hydrogens (tertiary/aromatic N) is 1. The fraction of sp³-hybridized carbons (Fsp3) is 0.583. The zero-order valence-electron chi connectivity index (χ0n) is 9.58. The molecule has 1 aromatic heterocycles. The Labute approximate surface area is 90.9 Å². The van der Waals surface area contributed by atoms with Gasteiger partial charge in [0.15, 0.2) is 0 Å². The number of rotatable bonds is 2. The summed E-state index contributed by atoms with van der Waals surface area (Å²) in [5, 5.41) is 3.43. The molecule has 82 valence electrons. The summed E-state index contributed by atoms with van der Waals surface area (Å²) in [7, 11) is 0. The van der Waals surface area contributed by atoms with Gasteiger partial charge in [-0.15, -0.1) is 0 Å². The zero-order chi connectivity index (χ0) is 10.9. The highest BCUT2D eigenvalue weighted by Crippen LogP contribution is 2.23. The third-order valence-corrected chi connectivity index (χ3v) is 2.54. The Morgan fingerprint density at radius 1 is 1.40 bits per heavy atom. The Balaban J connectivity index is 2.11. The first kappa shape index (κ1) is 10.4. The number of hydrogen-bond acceptors (Lipinski definition) is 3. The molecule has 3 nitrogen and oxygen atoms in total. The monoisotopic (exact) mass is 206 g/mol. The SMILES string of the molecule is CC(C)(C)c1cc(NC2COC2)ccn1. The van der Waals surface area contributed by atoms with Crippen molar-refractivity contribution in [2.24, 2.45) is 0 Å². The number of pyridine rings is 1. The van der Waals surface area contributed by atoms with Gasteiger partial charge >= 0.3 is 0 Å². The van der Waals surface area contributed by atoms with E-state index in [1.165, 1.54) is 0 Å². The van der Waals surface area contributed by atoms with Crippen molar-refractivity contribution in [3.05, 3.63) is 24.0 Å². The van der Waals surface area contributed by atoms with E-state index < -0.39 is 0 Å². The van der Waals surface area contributed by atoms with Crippen LogP contribution in [0, 0.1) is 0 Å². The van der Waals surface area contributed by atoms with Gasteiger partial charge in [0.25, 0.3) is 0 Å². The van der Waals surface area contributed by atoms with Crippen LogP contribution in [0.2, 0.25) is 0 Å². The van der Waals surface area contributed by atoms with Gasteiger partial charge < -0.3 is 10.1 Å². The number of ether oxygens (including phenoxy) is 1. The van der Waals surface area contributed by atoms with Crippen molar-refractivity contribution in [2.75, 3.05) is 18.5 Å². The highest BCUT2D eigenvalue weighted by Gasteiger charge is 2.19. The third kappa shape index (κ3) is 2.48. The Morgan fingerprint density at radius 2 is 2.13 bits per heavy atom. The van der Waals surface area contributed by atoms with Crippen molar-refractivity contribution in [1.29, 1.82) is 0 Å². The average Bonchev–Trinajstić information content (AvgIpc) is 2.11. The van der Waals surface area contributed by atoms with Crippen LogP contribution in [-0.2, 0) is 10.2 Å². The topological polar surface area (TPSA) is 34.1 Å². The summed E-state index contributed by atoms with van der Waals surface area (Å²) >= 11 is 0. The third-order valence-electron chi connectivity index (χ3n) is 2.54. The van der Waals surface area contributed by atoms with Gasteiger partial charge in [0.05, 0.1) is 19.3 Å². The summed E-state index contributed by atoms with van der Waals surface area (Å²) in [4.78, 5) is 4.39. The molecule has 0 bridgehead atoms. The quantitative estimate of drug-likeness (QED) is 0.805. The van der Waals surface area contributed by atoms with Crippen molar-refractivity contribution < 1.29 is 4.74 Å². The lowest BCUT2D eigenvalue weighted by atomic mass is 9.91. The summed E-state index contributed by atoms with van der Waals surface area (Å²) in [6.45, 7) is 8.14. The second kappa shape index (κ2) is 3.81. The number of hydrogen-bond donors (Lipinski definition) is 1. The van der Waals surface area contributed by atoms with Crippen LogP contribution in [0.15, 0.2) is 18.3 Å². The molecule has 0 aliphatic carbocycles. The van der Waals surface area contributed by atoms with Gasteiger partial charge in [-0.25, -0.2) is 0 Å². The van der Waals surface area contributed by atoms with E-state index >= 15 is 0 Å². The summed E-state index contributed by atoms with van der Waals surface area (Å²) in [5.41, 5.74) is 2.37. The standard InChI is InChI=1S/C12H18N2O/c1-12(2,3)11-6-9(4-5-13-11)14-10-7-15-8-10/h4-6,10H,7-8H2,1-3H3,(H,13,14). The van der Waals surface area contributed by atoms with Crippen LogP contribution in [0.5, 0.6) is 0 Å². The Hall–Kier alpha value is -1.09. The van der Waals surface area contributed by atoms with Gasteiger partial charge in [-0.3, -0.25) is 4.98 Å². The van der Waals surface area contributed by atoms with Crippen LogP contribution in [0.1, 0.15) is 26.5 Å². The molecule has 3 heteroatoms. The van der Waals surface area contributed by atoms with Gasteiger partial charge in [0.1, 0.15) is 0 Å². The molecule has 0 amide bonds. The van der Waals surface area contributed by atoms with Gasteiger partial charge in [0.2, 0.25) is 0 Å². The van der Waals surface area contributed by atoms with Crippen molar-refractivity contribution in [3.8, 4) is 0 Å². The van der Waals surface area contributed by atoms with E-state index in [1.807, 2.05) is 12.3 Å². The van der Waals surface area contributed by atoms with E-state index in [4.69, 9.17) is 4.74 Å². The minimum Gasteiger partial charge on any atom is -0.378 e. The second-order valence-corrected chi connectivity index (χ2v) is 5.06. The predicted molar refractivity (Wildman–Crippen MR) is 61.2 cm³/mol. The smallest absolute Gasteiger partial charge is 0.0728 e. The van der Waals surface area contributed by atoms with Gasteiger partial charge in [-0.05, 0) is 12.1 Å². The first-order valence-corrected chi connectivity index (χ1v) is 5.36. The van der Waals surface area contributed by atoms with Crippen molar-refractivity contribution in [1.82, 2.24) is 4.98 Å². The maximum Gasteiger partial charge on any atom is 0.0728 e. The average molecular weight is 206 g/mol. The lowest BCUT2D eigenvalue weighted by Crippen LogP contribution is -2.40. The second-order valence-electron chi connectivity index (χ2n) is 5.06. The highest BCUT2D eigenvalue weighted by molar-refractivity contribution is 5.45. The number of nitrogens with one attached hydrogen (secondary N) is 1. The molecule has 15 heavy (non-hydrogen) atoms. The first-order chi connectivity index (χ1) is 7.05. The summed E-state index contributed by atoms with van der Waals surface area (Å²) in [6.07, 6.45) is 1.86. The lowest BCUT2D eigenvalue weighted by Gasteiger charge is -2.28. The van der Waals surface area contributed by atoms with Crippen molar-refractivity contribution in [2.45, 2.75) is 32.2 Å². The molecule has 0 spiro atoms. The van der Waals surface area contributed by atoms with Crippen LogP contribution < -0.4 is 5.32 Å². The molecule has 0 aromatic carbocycles. The molecular weight excluding hydrogens is 188 g/mol. The molecule has 0 atom stereocenters. The van der Waals surface area contributed by atoms with Gasteiger partial charge in [0, 0.05) is 23.0 Å². The summed E-state index contributed by atoms with van der Waals surface area (Å²) in [6, 6.07) is 4.60. The molecule has 1 aliphatic rings. The van der Waals surface area contributed by atoms with Crippen LogP contribution >= 0.6 is 0 Å². The van der Waals surface area contributed by atoms with Crippen LogP contribution in [0.3, 0.4) is 0 Å². The van der Waals surface area contributed by atoms with E-state index in [0.717, 1.165) is 24.6 Å². The van der Waals surface area contributed by atoms with Crippen molar-refractivity contribution in [3.63, 3.8) is 0 Å². The molecule has 1 fully saturated rings. The van der Waals surface area contributed by atoms with Crippen LogP contribution in [-0.4, -0.2) is 24.2 Å². The Kier molecular flexibility index (Phi) is 2.65. The molecule has 0 unspecified atom stereocenters. The molecule has 2 heterocycles. The maximum absolute atomic E-state index is 5.13. The molecule has 1 aliphatic heterocycles. The van der Waals surface area contributed by atoms with Crippen LogP contribution in [0.4, 0.5) is 5.69 Å². The van der Waals surface area contributed by atoms with E-state index in [-0.39, 0.29) is 5.41 Å². The van der Waals surface area contributed by atoms with E-state index in [9.17, 15) is 0 Å². The highest BCUT2D eigenvalue weighted by atomic mass is 16.5. The van der Waals surface area contributed by atoms with E-state index in [1.54, 1.807) is 0 Å². The van der Waals surface area contributed by atoms with E-state index in [2.05, 4.69) is 37.1 Å². The number of anilines is 1. The Bertz CT molecular complexity index is 340. The predicted octanol–water partition coefficient (Wildman–Crippen LogP) is 2.19. The number of aromatic nitrogens is 1. The normalized spacial score (nSPS) is 17.3. The molecule has 1 aromatic rings. The fourth-order valence-electron chi connectivity index (χ4n) is 1.49. The summed E-state index contributed by atoms with van der Waals surface area (Å²) in [5.74, 6) is 0. The minimum absolute atomic E-state index is 0.105.